The van der Waals surface area contributed by atoms with Crippen LogP contribution in [-0.4, -0.2) is 34.9 Å². The lowest BCUT2D eigenvalue weighted by Gasteiger charge is -2.32. The van der Waals surface area contributed by atoms with Crippen LogP contribution in [-0.2, 0) is 9.59 Å². The lowest BCUT2D eigenvalue weighted by Crippen LogP contribution is -2.41. The highest BCUT2D eigenvalue weighted by Gasteiger charge is 2.34. The summed E-state index contributed by atoms with van der Waals surface area (Å²) in [5.74, 6) is -6.64. The molecule has 158 valence electrons. The van der Waals surface area contributed by atoms with Gasteiger partial charge < -0.3 is 16.0 Å². The number of aromatic nitrogens is 2. The number of aromatic amines is 1. The third-order valence-corrected chi connectivity index (χ3v) is 5.58. The molecule has 1 fully saturated rings. The van der Waals surface area contributed by atoms with Gasteiger partial charge in [-0.05, 0) is 24.5 Å². The summed E-state index contributed by atoms with van der Waals surface area (Å²) in [5, 5.41) is 2.49. The molecule has 4 N–H and O–H groups in total. The Morgan fingerprint density at radius 1 is 1.13 bits per heavy atom. The first-order valence-corrected chi connectivity index (χ1v) is 9.38. The predicted octanol–water partition coefficient (Wildman–Crippen LogP) is 1.36. The van der Waals surface area contributed by atoms with Gasteiger partial charge in [0.15, 0.2) is 17.5 Å². The SMILES string of the molecule is NC(=O)C1CCN(c2nc3c(c(=O)[nH]2)C(c2ccc(F)c(F)c2F)CC(=O)N3)CC1. The Morgan fingerprint density at radius 3 is 2.50 bits per heavy atom. The van der Waals surface area contributed by atoms with Gasteiger partial charge in [0.2, 0.25) is 17.8 Å². The Hall–Kier alpha value is -3.37. The molecule has 0 spiro atoms. The van der Waals surface area contributed by atoms with Gasteiger partial charge in [0.05, 0.1) is 5.56 Å². The molecule has 2 aliphatic rings. The van der Waals surface area contributed by atoms with Crippen LogP contribution < -0.4 is 21.5 Å². The van der Waals surface area contributed by atoms with Crippen LogP contribution in [0.5, 0.6) is 0 Å². The fourth-order valence-corrected chi connectivity index (χ4v) is 3.96. The summed E-state index contributed by atoms with van der Waals surface area (Å²) in [5.41, 5.74) is 4.37. The number of fused-ring (bicyclic) bond motifs is 1. The van der Waals surface area contributed by atoms with E-state index in [1.807, 2.05) is 0 Å². The highest BCUT2D eigenvalue weighted by Crippen LogP contribution is 2.36. The zero-order valence-electron chi connectivity index (χ0n) is 15.7. The summed E-state index contributed by atoms with van der Waals surface area (Å²) in [6.07, 6.45) is 0.666. The van der Waals surface area contributed by atoms with E-state index in [2.05, 4.69) is 15.3 Å². The van der Waals surface area contributed by atoms with Crippen LogP contribution in [0.25, 0.3) is 0 Å². The van der Waals surface area contributed by atoms with Crippen molar-refractivity contribution in [3.8, 4) is 0 Å². The van der Waals surface area contributed by atoms with E-state index in [0.29, 0.717) is 25.9 Å². The number of anilines is 2. The van der Waals surface area contributed by atoms with E-state index in [1.165, 1.54) is 0 Å². The Balaban J connectivity index is 1.72. The van der Waals surface area contributed by atoms with Crippen LogP contribution in [0.1, 0.15) is 36.3 Å². The minimum atomic E-state index is -1.67. The molecule has 11 heteroatoms. The van der Waals surface area contributed by atoms with Crippen LogP contribution in [0, 0.1) is 23.4 Å². The van der Waals surface area contributed by atoms with Gasteiger partial charge in [-0.3, -0.25) is 19.4 Å². The fourth-order valence-electron chi connectivity index (χ4n) is 3.96. The van der Waals surface area contributed by atoms with E-state index in [4.69, 9.17) is 5.73 Å². The van der Waals surface area contributed by atoms with Crippen molar-refractivity contribution in [2.45, 2.75) is 25.2 Å². The average molecular weight is 421 g/mol. The number of carbonyl (C=O) groups excluding carboxylic acids is 2. The summed E-state index contributed by atoms with van der Waals surface area (Å²) in [6, 6.07) is 1.77. The average Bonchev–Trinajstić information content (AvgIpc) is 2.71. The monoisotopic (exact) mass is 421 g/mol. The molecule has 2 aliphatic heterocycles. The zero-order chi connectivity index (χ0) is 21.6. The number of piperidine rings is 1. The number of primary amides is 1. The maximum atomic E-state index is 14.3. The number of hydrogen-bond acceptors (Lipinski definition) is 5. The fraction of sp³-hybridized carbons (Fsp3) is 0.368. The van der Waals surface area contributed by atoms with Crippen molar-refractivity contribution in [1.29, 1.82) is 0 Å². The molecule has 2 amide bonds. The molecule has 1 aromatic heterocycles. The van der Waals surface area contributed by atoms with Crippen molar-refractivity contribution in [2.24, 2.45) is 11.7 Å². The van der Waals surface area contributed by atoms with Crippen LogP contribution in [0.15, 0.2) is 16.9 Å². The molecule has 0 saturated carbocycles. The van der Waals surface area contributed by atoms with Gasteiger partial charge in [0.25, 0.3) is 5.56 Å². The van der Waals surface area contributed by atoms with Gasteiger partial charge in [-0.2, -0.15) is 4.98 Å². The van der Waals surface area contributed by atoms with Gasteiger partial charge in [-0.25, -0.2) is 13.2 Å². The van der Waals surface area contributed by atoms with Crippen LogP contribution >= 0.6 is 0 Å². The number of carbonyl (C=O) groups is 2. The largest absolute Gasteiger partial charge is 0.369 e. The van der Waals surface area contributed by atoms with E-state index in [-0.39, 0.29) is 41.1 Å². The minimum Gasteiger partial charge on any atom is -0.369 e. The first kappa shape index (κ1) is 19.9. The third-order valence-electron chi connectivity index (χ3n) is 5.58. The highest BCUT2D eigenvalue weighted by atomic mass is 19.2. The number of H-pyrrole nitrogens is 1. The number of benzene rings is 1. The lowest BCUT2D eigenvalue weighted by molar-refractivity contribution is -0.122. The summed E-state index contributed by atoms with van der Waals surface area (Å²) in [6.45, 7) is 0.842. The molecule has 1 atom stereocenters. The number of nitrogens with two attached hydrogens (primary N) is 1. The first-order valence-electron chi connectivity index (χ1n) is 9.38. The van der Waals surface area contributed by atoms with E-state index in [0.717, 1.165) is 12.1 Å². The zero-order valence-corrected chi connectivity index (χ0v) is 15.7. The van der Waals surface area contributed by atoms with Gasteiger partial charge >= 0.3 is 0 Å². The molecular weight excluding hydrogens is 403 g/mol. The molecule has 30 heavy (non-hydrogen) atoms. The highest BCUT2D eigenvalue weighted by molar-refractivity contribution is 5.94. The Bertz CT molecular complexity index is 1100. The van der Waals surface area contributed by atoms with Crippen molar-refractivity contribution in [3.05, 3.63) is 51.1 Å². The van der Waals surface area contributed by atoms with Crippen molar-refractivity contribution < 1.29 is 22.8 Å². The predicted molar refractivity (Wildman–Crippen MR) is 100 cm³/mol. The maximum absolute atomic E-state index is 14.3. The second-order valence-electron chi connectivity index (χ2n) is 7.38. The van der Waals surface area contributed by atoms with E-state index in [1.54, 1.807) is 4.90 Å². The second kappa shape index (κ2) is 7.47. The Labute approximate surface area is 168 Å². The molecule has 1 saturated heterocycles. The maximum Gasteiger partial charge on any atom is 0.258 e. The normalized spacial score (nSPS) is 19.4. The molecule has 4 rings (SSSR count). The molecule has 1 aromatic carbocycles. The van der Waals surface area contributed by atoms with E-state index in [9.17, 15) is 27.6 Å². The van der Waals surface area contributed by atoms with Crippen molar-refractivity contribution in [3.63, 3.8) is 0 Å². The summed E-state index contributed by atoms with van der Waals surface area (Å²) < 4.78 is 41.4. The summed E-state index contributed by atoms with van der Waals surface area (Å²) in [4.78, 5) is 45.0. The quantitative estimate of drug-likeness (QED) is 0.647. The molecule has 3 heterocycles. The van der Waals surface area contributed by atoms with Gasteiger partial charge in [-0.15, -0.1) is 0 Å². The van der Waals surface area contributed by atoms with Gasteiger partial charge in [0, 0.05) is 31.3 Å². The van der Waals surface area contributed by atoms with Crippen molar-refractivity contribution in [1.82, 2.24) is 9.97 Å². The standard InChI is InChI=1S/C19H18F3N5O3/c20-11-2-1-9(14(21)15(11)22)10-7-12(28)24-17-13(10)18(30)26-19(25-17)27-5-3-8(4-6-27)16(23)29/h1-2,8,10H,3-7H2,(H2,23,29)(H2,24,25,26,28,30). The second-order valence-corrected chi connectivity index (χ2v) is 7.38. The van der Waals surface area contributed by atoms with Crippen LogP contribution in [0.2, 0.25) is 0 Å². The first-order chi connectivity index (χ1) is 14.3. The summed E-state index contributed by atoms with van der Waals surface area (Å²) >= 11 is 0. The molecule has 2 aromatic rings. The third kappa shape index (κ3) is 3.40. The molecular formula is C19H18F3N5O3. The number of nitrogens with one attached hydrogen (secondary N) is 2. The molecule has 8 nitrogen and oxygen atoms in total. The van der Waals surface area contributed by atoms with Crippen molar-refractivity contribution >= 4 is 23.6 Å². The molecule has 1 unspecified atom stereocenters. The van der Waals surface area contributed by atoms with Crippen molar-refractivity contribution in [2.75, 3.05) is 23.3 Å². The Morgan fingerprint density at radius 2 is 1.83 bits per heavy atom. The smallest absolute Gasteiger partial charge is 0.258 e. The lowest BCUT2D eigenvalue weighted by atomic mass is 9.86. The number of rotatable bonds is 3. The summed E-state index contributed by atoms with van der Waals surface area (Å²) in [7, 11) is 0. The van der Waals surface area contributed by atoms with Crippen LogP contribution in [0.3, 0.4) is 0 Å². The minimum absolute atomic E-state index is 0.0321. The van der Waals surface area contributed by atoms with Crippen LogP contribution in [0.4, 0.5) is 24.9 Å². The molecule has 0 aliphatic carbocycles. The number of amides is 2. The Kier molecular flexibility index (Phi) is 4.96. The van der Waals surface area contributed by atoms with E-state index < -0.39 is 34.8 Å². The molecule has 0 radical (unpaired) electrons. The topological polar surface area (TPSA) is 121 Å². The molecule has 0 bridgehead atoms. The van der Waals surface area contributed by atoms with Gasteiger partial charge in [-0.1, -0.05) is 6.07 Å². The number of nitrogens with zero attached hydrogens (tertiary/aromatic N) is 2. The van der Waals surface area contributed by atoms with Gasteiger partial charge in [0.1, 0.15) is 5.82 Å². The van der Waals surface area contributed by atoms with E-state index >= 15 is 0 Å². The number of hydrogen-bond donors (Lipinski definition) is 3. The number of halogens is 3.